The van der Waals surface area contributed by atoms with Gasteiger partial charge in [-0.15, -0.1) is 0 Å². The van der Waals surface area contributed by atoms with E-state index in [-0.39, 0.29) is 5.54 Å². The lowest BCUT2D eigenvalue weighted by Gasteiger charge is -2.24. The highest BCUT2D eigenvalue weighted by Crippen LogP contribution is 2.37. The monoisotopic (exact) mass is 414 g/mol. The quantitative estimate of drug-likeness (QED) is 0.680. The van der Waals surface area contributed by atoms with Crippen LogP contribution in [0.3, 0.4) is 0 Å². The predicted octanol–water partition coefficient (Wildman–Crippen LogP) is 4.92. The van der Waals surface area contributed by atoms with E-state index in [0.717, 1.165) is 38.6 Å². The zero-order valence-electron chi connectivity index (χ0n) is 12.5. The number of fused-ring (bicyclic) bond motifs is 1. The molecule has 0 atom stereocenters. The molecule has 1 heterocycles. The van der Waals surface area contributed by atoms with Gasteiger partial charge in [0.15, 0.2) is 5.75 Å². The fraction of sp³-hybridized carbons (Fsp3) is 0.438. The first kappa shape index (κ1) is 16.7. The summed E-state index contributed by atoms with van der Waals surface area (Å²) >= 11 is 7.12. The van der Waals surface area contributed by atoms with Crippen molar-refractivity contribution in [3.63, 3.8) is 0 Å². The average molecular weight is 416 g/mol. The first-order valence-corrected chi connectivity index (χ1v) is 8.64. The molecule has 0 fully saturated rings. The van der Waals surface area contributed by atoms with Gasteiger partial charge in [0, 0.05) is 28.1 Å². The predicted molar refractivity (Wildman–Crippen MR) is 95.0 cm³/mol. The van der Waals surface area contributed by atoms with Gasteiger partial charge < -0.3 is 10.1 Å². The third kappa shape index (κ3) is 4.18. The summed E-state index contributed by atoms with van der Waals surface area (Å²) in [4.78, 5) is 4.44. The Balaban J connectivity index is 2.12. The molecule has 0 radical (unpaired) electrons. The molecule has 0 bridgehead atoms. The molecule has 5 heteroatoms. The van der Waals surface area contributed by atoms with Crippen LogP contribution in [0.2, 0.25) is 0 Å². The molecule has 21 heavy (non-hydrogen) atoms. The van der Waals surface area contributed by atoms with Gasteiger partial charge in [-0.25, -0.2) is 0 Å². The topological polar surface area (TPSA) is 34.1 Å². The third-order valence-electron chi connectivity index (χ3n) is 3.59. The molecule has 1 aromatic carbocycles. The lowest BCUT2D eigenvalue weighted by molar-refractivity contribution is 0.281. The average Bonchev–Trinajstić information content (AvgIpc) is 2.46. The second kappa shape index (κ2) is 7.07. The van der Waals surface area contributed by atoms with Crippen LogP contribution in [-0.4, -0.2) is 23.7 Å². The number of halogens is 2. The molecule has 0 unspecified atom stereocenters. The van der Waals surface area contributed by atoms with Crippen LogP contribution in [0.15, 0.2) is 33.3 Å². The van der Waals surface area contributed by atoms with Crippen molar-refractivity contribution < 1.29 is 4.74 Å². The summed E-state index contributed by atoms with van der Waals surface area (Å²) in [5, 5.41) is 4.54. The fourth-order valence-corrected chi connectivity index (χ4v) is 3.34. The summed E-state index contributed by atoms with van der Waals surface area (Å²) in [6, 6.07) is 5.96. The summed E-state index contributed by atoms with van der Waals surface area (Å²) in [7, 11) is 0. The molecule has 114 valence electrons. The number of nitrogens with zero attached hydrogens (tertiary/aromatic N) is 1. The van der Waals surface area contributed by atoms with Crippen molar-refractivity contribution >= 4 is 42.8 Å². The number of nitrogens with one attached hydrogen (secondary N) is 1. The van der Waals surface area contributed by atoms with Gasteiger partial charge in [-0.1, -0.05) is 28.9 Å². The largest absolute Gasteiger partial charge is 0.489 e. The molecule has 0 saturated carbocycles. The molecular weight excluding hydrogens is 396 g/mol. The van der Waals surface area contributed by atoms with Gasteiger partial charge in [0.05, 0.1) is 4.47 Å². The first-order chi connectivity index (χ1) is 9.94. The van der Waals surface area contributed by atoms with Crippen molar-refractivity contribution in [3.8, 4) is 5.75 Å². The third-order valence-corrected chi connectivity index (χ3v) is 4.83. The fourth-order valence-electron chi connectivity index (χ4n) is 1.95. The van der Waals surface area contributed by atoms with Crippen molar-refractivity contribution in [3.05, 3.63) is 33.3 Å². The van der Waals surface area contributed by atoms with E-state index in [1.807, 2.05) is 18.2 Å². The van der Waals surface area contributed by atoms with E-state index in [0.29, 0.717) is 6.61 Å². The summed E-state index contributed by atoms with van der Waals surface area (Å²) in [6.45, 7) is 7.97. The van der Waals surface area contributed by atoms with Crippen molar-refractivity contribution in [1.82, 2.24) is 10.3 Å². The van der Waals surface area contributed by atoms with E-state index in [1.54, 1.807) is 6.20 Å². The van der Waals surface area contributed by atoms with Gasteiger partial charge in [0.1, 0.15) is 12.1 Å². The van der Waals surface area contributed by atoms with Crippen molar-refractivity contribution in [2.75, 3.05) is 13.2 Å². The summed E-state index contributed by atoms with van der Waals surface area (Å²) in [5.74, 6) is 0.796. The van der Waals surface area contributed by atoms with Gasteiger partial charge >= 0.3 is 0 Å². The van der Waals surface area contributed by atoms with Crippen LogP contribution >= 0.6 is 31.9 Å². The molecule has 0 saturated heterocycles. The number of ether oxygens (including phenoxy) is 1. The molecule has 0 spiro atoms. The van der Waals surface area contributed by atoms with Crippen LogP contribution in [0, 0.1) is 0 Å². The van der Waals surface area contributed by atoms with E-state index in [9.17, 15) is 0 Å². The minimum Gasteiger partial charge on any atom is -0.489 e. The summed E-state index contributed by atoms with van der Waals surface area (Å²) in [6.07, 6.45) is 2.87. The number of aromatic nitrogens is 1. The van der Waals surface area contributed by atoms with Crippen LogP contribution < -0.4 is 10.1 Å². The molecule has 1 aromatic heterocycles. The molecule has 2 aromatic rings. The number of pyridine rings is 1. The molecule has 0 aliphatic rings. The Bertz CT molecular complexity index is 629. The maximum Gasteiger partial charge on any atom is 0.159 e. The molecule has 2 rings (SSSR count). The summed E-state index contributed by atoms with van der Waals surface area (Å²) in [5.41, 5.74) is 1.01. The minimum atomic E-state index is 0.140. The second-order valence-corrected chi connectivity index (χ2v) is 7.29. The molecule has 1 N–H and O–H groups in total. The number of benzene rings is 1. The Morgan fingerprint density at radius 3 is 2.76 bits per heavy atom. The number of hydrogen-bond donors (Lipinski definition) is 1. The van der Waals surface area contributed by atoms with Crippen LogP contribution in [0.5, 0.6) is 5.75 Å². The maximum atomic E-state index is 5.95. The van der Waals surface area contributed by atoms with Crippen LogP contribution in [0.1, 0.15) is 27.2 Å². The molecule has 0 aliphatic carbocycles. The Kier molecular flexibility index (Phi) is 5.63. The Morgan fingerprint density at radius 1 is 1.29 bits per heavy atom. The second-order valence-electron chi connectivity index (χ2n) is 5.58. The lowest BCUT2D eigenvalue weighted by Crippen LogP contribution is -2.40. The van der Waals surface area contributed by atoms with E-state index < -0.39 is 0 Å². The van der Waals surface area contributed by atoms with Crippen molar-refractivity contribution in [1.29, 1.82) is 0 Å². The van der Waals surface area contributed by atoms with Gasteiger partial charge in [-0.05, 0) is 48.3 Å². The highest BCUT2D eigenvalue weighted by atomic mass is 79.9. The first-order valence-electron chi connectivity index (χ1n) is 7.05. The smallest absolute Gasteiger partial charge is 0.159 e. The van der Waals surface area contributed by atoms with Gasteiger partial charge in [-0.2, -0.15) is 0 Å². The number of rotatable bonds is 6. The highest BCUT2D eigenvalue weighted by Gasteiger charge is 2.14. The normalized spacial score (nSPS) is 11.9. The van der Waals surface area contributed by atoms with Crippen LogP contribution in [0.25, 0.3) is 10.9 Å². The standard InChI is InChI=1S/C16H20Br2N2O/c1-4-16(2,3)20-8-9-21-15-13(18)10-12(17)11-6-5-7-19-14(11)15/h5-7,10,20H,4,8-9H2,1-3H3. The summed E-state index contributed by atoms with van der Waals surface area (Å²) < 4.78 is 7.87. The van der Waals surface area contributed by atoms with Crippen LogP contribution in [0.4, 0.5) is 0 Å². The highest BCUT2D eigenvalue weighted by molar-refractivity contribution is 9.11. The maximum absolute atomic E-state index is 5.95. The zero-order valence-corrected chi connectivity index (χ0v) is 15.7. The van der Waals surface area contributed by atoms with E-state index >= 15 is 0 Å². The van der Waals surface area contributed by atoms with Gasteiger partial charge in [0.2, 0.25) is 0 Å². The Morgan fingerprint density at radius 2 is 2.05 bits per heavy atom. The van der Waals surface area contributed by atoms with E-state index in [4.69, 9.17) is 4.74 Å². The molecular formula is C16H20Br2N2O. The van der Waals surface area contributed by atoms with E-state index in [2.05, 4.69) is 62.9 Å². The van der Waals surface area contributed by atoms with Crippen molar-refractivity contribution in [2.24, 2.45) is 0 Å². The molecule has 0 aliphatic heterocycles. The number of hydrogen-bond acceptors (Lipinski definition) is 3. The van der Waals surface area contributed by atoms with E-state index in [1.165, 1.54) is 0 Å². The molecule has 3 nitrogen and oxygen atoms in total. The van der Waals surface area contributed by atoms with Gasteiger partial charge in [-0.3, -0.25) is 4.98 Å². The van der Waals surface area contributed by atoms with Crippen LogP contribution in [-0.2, 0) is 0 Å². The minimum absolute atomic E-state index is 0.140. The SMILES string of the molecule is CCC(C)(C)NCCOc1c(Br)cc(Br)c2cccnc12. The lowest BCUT2D eigenvalue weighted by atomic mass is 10.0. The molecule has 0 amide bonds. The van der Waals surface area contributed by atoms with Gasteiger partial charge in [0.25, 0.3) is 0 Å². The zero-order chi connectivity index (χ0) is 15.5. The van der Waals surface area contributed by atoms with Crippen molar-refractivity contribution in [2.45, 2.75) is 32.7 Å². The Labute approximate surface area is 142 Å². The Hall–Kier alpha value is -0.650.